The van der Waals surface area contributed by atoms with Crippen LogP contribution in [0.1, 0.15) is 37.0 Å². The highest BCUT2D eigenvalue weighted by molar-refractivity contribution is 7.92. The van der Waals surface area contributed by atoms with Crippen LogP contribution in [-0.2, 0) is 10.0 Å². The Balaban J connectivity index is 2.13. The highest BCUT2D eigenvalue weighted by atomic mass is 35.5. The number of hydrogen-bond donors (Lipinski definition) is 2. The van der Waals surface area contributed by atoms with Crippen LogP contribution in [0.15, 0.2) is 47.4 Å². The van der Waals surface area contributed by atoms with E-state index in [0.717, 1.165) is 31.0 Å². The summed E-state index contributed by atoms with van der Waals surface area (Å²) in [6.45, 7) is 3.99. The molecule has 140 valence electrons. The van der Waals surface area contributed by atoms with Crippen LogP contribution in [0.2, 0.25) is 5.02 Å². The number of halogens is 2. The Morgan fingerprint density at radius 3 is 2.27 bits per heavy atom. The molecule has 0 fully saturated rings. The number of carbonyl (C=O) groups is 1. The fraction of sp³-hybridized carbons (Fsp3) is 0.278. The van der Waals surface area contributed by atoms with Crippen LogP contribution < -0.4 is 10.0 Å². The maximum Gasteiger partial charge on any atom is 0.261 e. The van der Waals surface area contributed by atoms with Gasteiger partial charge in [-0.1, -0.05) is 25.4 Å². The van der Waals surface area contributed by atoms with Gasteiger partial charge in [-0.15, -0.1) is 0 Å². The lowest BCUT2D eigenvalue weighted by atomic mass is 10.1. The summed E-state index contributed by atoms with van der Waals surface area (Å²) in [4.78, 5) is 12.0. The predicted octanol–water partition coefficient (Wildman–Crippen LogP) is 4.20. The molecule has 0 aromatic heterocycles. The molecule has 2 rings (SSSR count). The monoisotopic (exact) mass is 398 g/mol. The quantitative estimate of drug-likeness (QED) is 0.734. The number of hydrogen-bond acceptors (Lipinski definition) is 3. The minimum absolute atomic E-state index is 0.101. The second-order valence-corrected chi connectivity index (χ2v) is 7.84. The summed E-state index contributed by atoms with van der Waals surface area (Å²) in [5, 5.41) is 2.63. The maximum absolute atomic E-state index is 13.2. The number of nitrogens with one attached hydrogen (secondary N) is 2. The van der Waals surface area contributed by atoms with E-state index in [1.54, 1.807) is 0 Å². The summed E-state index contributed by atoms with van der Waals surface area (Å²) < 4.78 is 40.2. The van der Waals surface area contributed by atoms with Gasteiger partial charge in [0.25, 0.3) is 15.9 Å². The Kier molecular flexibility index (Phi) is 6.61. The minimum atomic E-state index is -3.91. The molecular weight excluding hydrogens is 379 g/mol. The third-order valence-electron chi connectivity index (χ3n) is 3.92. The van der Waals surface area contributed by atoms with Crippen LogP contribution in [0.5, 0.6) is 0 Å². The second-order valence-electron chi connectivity index (χ2n) is 5.75. The summed E-state index contributed by atoms with van der Waals surface area (Å²) in [7, 11) is -3.91. The van der Waals surface area contributed by atoms with Crippen molar-refractivity contribution in [3.63, 3.8) is 0 Å². The van der Waals surface area contributed by atoms with Gasteiger partial charge in [0.15, 0.2) is 0 Å². The third-order valence-corrected chi connectivity index (χ3v) is 5.59. The van der Waals surface area contributed by atoms with Gasteiger partial charge in [-0.25, -0.2) is 12.8 Å². The fourth-order valence-corrected chi connectivity index (χ4v) is 3.64. The first-order valence-electron chi connectivity index (χ1n) is 8.15. The van der Waals surface area contributed by atoms with Crippen molar-refractivity contribution in [2.75, 3.05) is 4.72 Å². The number of amides is 1. The van der Waals surface area contributed by atoms with Gasteiger partial charge in [0, 0.05) is 17.3 Å². The highest BCUT2D eigenvalue weighted by Crippen LogP contribution is 2.22. The molecule has 1 amide bonds. The largest absolute Gasteiger partial charge is 0.349 e. The van der Waals surface area contributed by atoms with Crippen LogP contribution in [-0.4, -0.2) is 20.4 Å². The van der Waals surface area contributed by atoms with Crippen LogP contribution in [0.3, 0.4) is 0 Å². The molecule has 0 aliphatic rings. The van der Waals surface area contributed by atoms with Gasteiger partial charge in [0.2, 0.25) is 0 Å². The first-order valence-corrected chi connectivity index (χ1v) is 10.0. The van der Waals surface area contributed by atoms with E-state index in [2.05, 4.69) is 10.0 Å². The van der Waals surface area contributed by atoms with Crippen molar-refractivity contribution in [1.29, 1.82) is 0 Å². The Hall–Kier alpha value is -2.12. The third kappa shape index (κ3) is 4.95. The summed E-state index contributed by atoms with van der Waals surface area (Å²) in [5.74, 6) is -0.906. The minimum Gasteiger partial charge on any atom is -0.349 e. The SMILES string of the molecule is CCC(CC)NC(=O)c1ccc(NS(=O)(=O)c2ccc(F)c(Cl)c2)cc1. The molecule has 0 aliphatic carbocycles. The highest BCUT2D eigenvalue weighted by Gasteiger charge is 2.17. The van der Waals surface area contributed by atoms with E-state index in [-0.39, 0.29) is 27.6 Å². The normalized spacial score (nSPS) is 11.4. The molecule has 0 atom stereocenters. The van der Waals surface area contributed by atoms with Crippen LogP contribution >= 0.6 is 11.6 Å². The Morgan fingerprint density at radius 2 is 1.73 bits per heavy atom. The van der Waals surface area contributed by atoms with E-state index in [1.165, 1.54) is 24.3 Å². The van der Waals surface area contributed by atoms with Crippen molar-refractivity contribution >= 4 is 33.2 Å². The molecule has 5 nitrogen and oxygen atoms in total. The lowest BCUT2D eigenvalue weighted by Gasteiger charge is -2.15. The van der Waals surface area contributed by atoms with E-state index < -0.39 is 15.8 Å². The Labute approximate surface area is 157 Å². The first-order chi connectivity index (χ1) is 12.3. The summed E-state index contributed by atoms with van der Waals surface area (Å²) >= 11 is 5.63. The maximum atomic E-state index is 13.2. The summed E-state index contributed by atoms with van der Waals surface area (Å²) in [6, 6.07) is 9.30. The topological polar surface area (TPSA) is 75.3 Å². The molecule has 2 aromatic carbocycles. The molecule has 2 aromatic rings. The van der Waals surface area contributed by atoms with E-state index in [4.69, 9.17) is 11.6 Å². The van der Waals surface area contributed by atoms with Gasteiger partial charge < -0.3 is 5.32 Å². The van der Waals surface area contributed by atoms with Crippen molar-refractivity contribution < 1.29 is 17.6 Å². The first kappa shape index (κ1) is 20.2. The predicted molar refractivity (Wildman–Crippen MR) is 100 cm³/mol. The number of rotatable bonds is 7. The molecule has 0 saturated heterocycles. The van der Waals surface area contributed by atoms with Gasteiger partial charge in [0.05, 0.1) is 9.92 Å². The molecule has 0 unspecified atom stereocenters. The average Bonchev–Trinajstić information content (AvgIpc) is 2.62. The van der Waals surface area contributed by atoms with Crippen molar-refractivity contribution in [2.45, 2.75) is 37.6 Å². The summed E-state index contributed by atoms with van der Waals surface area (Å²) in [5.41, 5.74) is 0.717. The molecule has 26 heavy (non-hydrogen) atoms. The van der Waals surface area contributed by atoms with Crippen molar-refractivity contribution in [3.8, 4) is 0 Å². The molecule has 0 spiro atoms. The lowest BCUT2D eigenvalue weighted by Crippen LogP contribution is -2.33. The molecular formula is C18H20ClFN2O3S. The second kappa shape index (κ2) is 8.51. The average molecular weight is 399 g/mol. The number of benzene rings is 2. The van der Waals surface area contributed by atoms with Gasteiger partial charge in [0.1, 0.15) is 5.82 Å². The molecule has 0 heterocycles. The van der Waals surface area contributed by atoms with E-state index in [1.807, 2.05) is 13.8 Å². The zero-order valence-electron chi connectivity index (χ0n) is 14.4. The number of anilines is 1. The molecule has 0 aliphatic heterocycles. The number of carbonyl (C=O) groups excluding carboxylic acids is 1. The summed E-state index contributed by atoms with van der Waals surface area (Å²) in [6.07, 6.45) is 1.67. The molecule has 8 heteroatoms. The Morgan fingerprint density at radius 1 is 1.12 bits per heavy atom. The standard InChI is InChI=1S/C18H20ClFN2O3S/c1-3-13(4-2)21-18(23)12-5-7-14(8-6-12)22-26(24,25)15-9-10-17(20)16(19)11-15/h5-11,13,22H,3-4H2,1-2H3,(H,21,23). The van der Waals surface area contributed by atoms with Crippen LogP contribution in [0.25, 0.3) is 0 Å². The fourth-order valence-electron chi connectivity index (χ4n) is 2.31. The van der Waals surface area contributed by atoms with Gasteiger partial charge in [-0.05, 0) is 55.3 Å². The van der Waals surface area contributed by atoms with Crippen LogP contribution in [0.4, 0.5) is 10.1 Å². The van der Waals surface area contributed by atoms with Crippen molar-refractivity contribution in [1.82, 2.24) is 5.32 Å². The molecule has 0 saturated carbocycles. The van der Waals surface area contributed by atoms with Gasteiger partial charge >= 0.3 is 0 Å². The van der Waals surface area contributed by atoms with Gasteiger partial charge in [-0.3, -0.25) is 9.52 Å². The van der Waals surface area contributed by atoms with E-state index in [9.17, 15) is 17.6 Å². The van der Waals surface area contributed by atoms with Crippen molar-refractivity contribution in [3.05, 3.63) is 58.9 Å². The van der Waals surface area contributed by atoms with E-state index >= 15 is 0 Å². The smallest absolute Gasteiger partial charge is 0.261 e. The Bertz CT molecular complexity index is 882. The molecule has 2 N–H and O–H groups in total. The van der Waals surface area contributed by atoms with E-state index in [0.29, 0.717) is 5.56 Å². The molecule has 0 radical (unpaired) electrons. The zero-order valence-corrected chi connectivity index (χ0v) is 16.0. The van der Waals surface area contributed by atoms with Crippen molar-refractivity contribution in [2.24, 2.45) is 0 Å². The van der Waals surface area contributed by atoms with Crippen LogP contribution in [0, 0.1) is 5.82 Å². The zero-order chi connectivity index (χ0) is 19.3. The number of sulfonamides is 1. The lowest BCUT2D eigenvalue weighted by molar-refractivity contribution is 0.0935. The molecule has 0 bridgehead atoms. The van der Waals surface area contributed by atoms with Gasteiger partial charge in [-0.2, -0.15) is 0 Å².